The fraction of sp³-hybridized carbons (Fsp3) is 0.571. The second kappa shape index (κ2) is 6.66. The Morgan fingerprint density at radius 2 is 1.50 bits per heavy atom. The van der Waals surface area contributed by atoms with E-state index in [1.807, 2.05) is 0 Å². The van der Waals surface area contributed by atoms with Crippen molar-refractivity contribution in [3.63, 3.8) is 0 Å². The molecule has 0 unspecified atom stereocenters. The van der Waals surface area contributed by atoms with Gasteiger partial charge in [-0.05, 0) is 36.5 Å². The van der Waals surface area contributed by atoms with Crippen LogP contribution in [0.4, 0.5) is 26.3 Å². The number of alkyl halides is 6. The first kappa shape index (κ1) is 19.1. The predicted octanol–water partition coefficient (Wildman–Crippen LogP) is 5.34. The van der Waals surface area contributed by atoms with Crippen LogP contribution < -0.4 is 5.73 Å². The van der Waals surface area contributed by atoms with Crippen molar-refractivity contribution < 1.29 is 26.3 Å². The zero-order chi connectivity index (χ0) is 15.8. The average Bonchev–Trinajstić information content (AvgIpc) is 2.89. The molecule has 0 saturated heterocycles. The summed E-state index contributed by atoms with van der Waals surface area (Å²) in [5.41, 5.74) is 3.04. The molecule has 0 aliphatic heterocycles. The summed E-state index contributed by atoms with van der Waals surface area (Å²) in [4.78, 5) is 0. The van der Waals surface area contributed by atoms with Gasteiger partial charge in [0.2, 0.25) is 0 Å². The van der Waals surface area contributed by atoms with Gasteiger partial charge in [-0.3, -0.25) is 0 Å². The highest BCUT2D eigenvalue weighted by Gasteiger charge is 2.40. The van der Waals surface area contributed by atoms with E-state index < -0.39 is 29.5 Å². The lowest BCUT2D eigenvalue weighted by Gasteiger charge is -2.24. The van der Waals surface area contributed by atoms with Crippen molar-refractivity contribution in [2.45, 2.75) is 44.1 Å². The summed E-state index contributed by atoms with van der Waals surface area (Å²) in [6, 6.07) is 0.810. The zero-order valence-corrected chi connectivity index (χ0v) is 12.3. The summed E-state index contributed by atoms with van der Waals surface area (Å²) in [5, 5.41) is 0. The number of rotatable bonds is 2. The van der Waals surface area contributed by atoms with Gasteiger partial charge >= 0.3 is 12.4 Å². The number of benzene rings is 1. The summed E-state index contributed by atoms with van der Waals surface area (Å²) in [6.07, 6.45) is -6.47. The normalized spacial score (nSPS) is 18.1. The molecular formula is C14H16ClF6N. The summed E-state index contributed by atoms with van der Waals surface area (Å²) >= 11 is 0. The molecule has 1 saturated carbocycles. The molecule has 0 aromatic heterocycles. The molecule has 1 fully saturated rings. The molecule has 1 aromatic rings. The van der Waals surface area contributed by atoms with E-state index in [9.17, 15) is 26.3 Å². The third-order valence-corrected chi connectivity index (χ3v) is 3.95. The summed E-state index contributed by atoms with van der Waals surface area (Å²) in [5.74, 6) is -0.108. The van der Waals surface area contributed by atoms with Crippen molar-refractivity contribution in [2.75, 3.05) is 0 Å². The molecule has 1 aromatic carbocycles. The van der Waals surface area contributed by atoms with Crippen molar-refractivity contribution in [3.05, 3.63) is 34.9 Å². The SMILES string of the molecule is Cl.N[C@H](c1ccc(C(F)(F)F)cc1C(F)(F)F)C1CCCC1. The van der Waals surface area contributed by atoms with Crippen LogP contribution >= 0.6 is 12.4 Å². The molecule has 0 heterocycles. The number of hydrogen-bond acceptors (Lipinski definition) is 1. The standard InChI is InChI=1S/C14H15F6N.ClH/c15-13(16,17)9-5-6-10(11(7-9)14(18,19)20)12(21)8-3-1-2-4-8;/h5-8,12H,1-4,21H2;1H/t12-;/m0./s1. The van der Waals surface area contributed by atoms with Gasteiger partial charge < -0.3 is 5.73 Å². The van der Waals surface area contributed by atoms with Gasteiger partial charge in [0.25, 0.3) is 0 Å². The molecule has 1 nitrogen and oxygen atoms in total. The van der Waals surface area contributed by atoms with Gasteiger partial charge in [0, 0.05) is 6.04 Å². The zero-order valence-electron chi connectivity index (χ0n) is 11.5. The van der Waals surface area contributed by atoms with E-state index in [0.29, 0.717) is 18.9 Å². The molecular weight excluding hydrogens is 332 g/mol. The van der Waals surface area contributed by atoms with E-state index in [4.69, 9.17) is 5.73 Å². The van der Waals surface area contributed by atoms with Crippen LogP contribution in [0.1, 0.15) is 48.4 Å². The van der Waals surface area contributed by atoms with Gasteiger partial charge in [-0.2, -0.15) is 26.3 Å². The van der Waals surface area contributed by atoms with E-state index in [1.54, 1.807) is 0 Å². The molecule has 22 heavy (non-hydrogen) atoms. The highest BCUT2D eigenvalue weighted by Crippen LogP contribution is 2.42. The van der Waals surface area contributed by atoms with Crippen LogP contribution in [0.2, 0.25) is 0 Å². The Bertz CT molecular complexity index is 505. The molecule has 126 valence electrons. The monoisotopic (exact) mass is 347 g/mol. The van der Waals surface area contributed by atoms with Crippen molar-refractivity contribution >= 4 is 12.4 Å². The van der Waals surface area contributed by atoms with E-state index >= 15 is 0 Å². The van der Waals surface area contributed by atoms with Gasteiger partial charge in [0.05, 0.1) is 11.1 Å². The van der Waals surface area contributed by atoms with E-state index in [2.05, 4.69) is 0 Å². The topological polar surface area (TPSA) is 26.0 Å². The molecule has 1 atom stereocenters. The lowest BCUT2D eigenvalue weighted by atomic mass is 9.88. The Morgan fingerprint density at radius 1 is 0.955 bits per heavy atom. The first-order valence-corrected chi connectivity index (χ1v) is 6.64. The molecule has 1 aliphatic rings. The highest BCUT2D eigenvalue weighted by molar-refractivity contribution is 5.85. The smallest absolute Gasteiger partial charge is 0.324 e. The highest BCUT2D eigenvalue weighted by atomic mass is 35.5. The van der Waals surface area contributed by atoms with Crippen LogP contribution in [0.15, 0.2) is 18.2 Å². The van der Waals surface area contributed by atoms with E-state index in [-0.39, 0.29) is 30.0 Å². The molecule has 2 N–H and O–H groups in total. The van der Waals surface area contributed by atoms with Crippen LogP contribution in [0.25, 0.3) is 0 Å². The second-order valence-electron chi connectivity index (χ2n) is 5.37. The Labute approximate surface area is 130 Å². The maximum absolute atomic E-state index is 13.0. The Hall–Kier alpha value is -0.950. The number of halogens is 7. The van der Waals surface area contributed by atoms with Crippen molar-refractivity contribution in [1.29, 1.82) is 0 Å². The summed E-state index contributed by atoms with van der Waals surface area (Å²) in [7, 11) is 0. The minimum Gasteiger partial charge on any atom is -0.324 e. The molecule has 0 bridgehead atoms. The molecule has 0 amide bonds. The Morgan fingerprint density at radius 3 is 1.95 bits per heavy atom. The Balaban J connectivity index is 0.00000242. The molecule has 2 rings (SSSR count). The third kappa shape index (κ3) is 4.07. The van der Waals surface area contributed by atoms with Crippen LogP contribution in [-0.2, 0) is 12.4 Å². The molecule has 1 aliphatic carbocycles. The second-order valence-corrected chi connectivity index (χ2v) is 5.37. The first-order valence-electron chi connectivity index (χ1n) is 6.64. The quantitative estimate of drug-likeness (QED) is 0.718. The lowest BCUT2D eigenvalue weighted by molar-refractivity contribution is -0.143. The van der Waals surface area contributed by atoms with Crippen LogP contribution in [0.3, 0.4) is 0 Å². The van der Waals surface area contributed by atoms with Crippen LogP contribution in [-0.4, -0.2) is 0 Å². The van der Waals surface area contributed by atoms with Gasteiger partial charge in [0.15, 0.2) is 0 Å². The van der Waals surface area contributed by atoms with Crippen molar-refractivity contribution in [3.8, 4) is 0 Å². The maximum Gasteiger partial charge on any atom is 0.416 e. The minimum absolute atomic E-state index is 0. The maximum atomic E-state index is 13.0. The number of hydrogen-bond donors (Lipinski definition) is 1. The van der Waals surface area contributed by atoms with Crippen molar-refractivity contribution in [2.24, 2.45) is 11.7 Å². The summed E-state index contributed by atoms with van der Waals surface area (Å²) in [6.45, 7) is 0. The van der Waals surface area contributed by atoms with Crippen molar-refractivity contribution in [1.82, 2.24) is 0 Å². The van der Waals surface area contributed by atoms with E-state index in [0.717, 1.165) is 18.9 Å². The lowest BCUT2D eigenvalue weighted by Crippen LogP contribution is -2.24. The summed E-state index contributed by atoms with van der Waals surface area (Å²) < 4.78 is 76.9. The third-order valence-electron chi connectivity index (χ3n) is 3.95. The van der Waals surface area contributed by atoms with E-state index in [1.165, 1.54) is 0 Å². The fourth-order valence-electron chi connectivity index (χ4n) is 2.84. The Kier molecular flexibility index (Phi) is 5.78. The first-order chi connectivity index (χ1) is 9.60. The van der Waals surface area contributed by atoms with Crippen LogP contribution in [0.5, 0.6) is 0 Å². The van der Waals surface area contributed by atoms with Gasteiger partial charge in [-0.25, -0.2) is 0 Å². The fourth-order valence-corrected chi connectivity index (χ4v) is 2.84. The predicted molar refractivity (Wildman–Crippen MR) is 72.6 cm³/mol. The molecule has 0 spiro atoms. The molecule has 8 heteroatoms. The minimum atomic E-state index is -4.85. The van der Waals surface area contributed by atoms with Crippen LogP contribution in [0, 0.1) is 5.92 Å². The van der Waals surface area contributed by atoms with Gasteiger partial charge in [-0.15, -0.1) is 12.4 Å². The van der Waals surface area contributed by atoms with Gasteiger partial charge in [-0.1, -0.05) is 18.9 Å². The number of nitrogens with two attached hydrogens (primary N) is 1. The average molecular weight is 348 g/mol. The largest absolute Gasteiger partial charge is 0.416 e. The molecule has 0 radical (unpaired) electrons. The van der Waals surface area contributed by atoms with Gasteiger partial charge in [0.1, 0.15) is 0 Å².